The highest BCUT2D eigenvalue weighted by Gasteiger charge is 2.40. The lowest BCUT2D eigenvalue weighted by atomic mass is 9.96. The summed E-state index contributed by atoms with van der Waals surface area (Å²) in [5, 5.41) is 43.8. The van der Waals surface area contributed by atoms with Crippen molar-refractivity contribution in [2.75, 3.05) is 13.6 Å². The molecule has 0 radical (unpaired) electrons. The van der Waals surface area contributed by atoms with Gasteiger partial charge in [-0.05, 0) is 43.9 Å². The monoisotopic (exact) mass is 516 g/mol. The molecule has 0 amide bonds. The van der Waals surface area contributed by atoms with Crippen molar-refractivity contribution in [1.29, 1.82) is 0 Å². The van der Waals surface area contributed by atoms with Crippen LogP contribution in [0.2, 0.25) is 0 Å². The van der Waals surface area contributed by atoms with E-state index in [4.69, 9.17) is 32.6 Å². The zero-order chi connectivity index (χ0) is 26.9. The number of carbonyl (C=O) groups is 3. The van der Waals surface area contributed by atoms with Crippen molar-refractivity contribution in [1.82, 2.24) is 15.6 Å². The van der Waals surface area contributed by atoms with Gasteiger partial charge >= 0.3 is 17.9 Å². The van der Waals surface area contributed by atoms with Gasteiger partial charge in [0.1, 0.15) is 0 Å². The fourth-order valence-electron chi connectivity index (χ4n) is 3.48. The van der Waals surface area contributed by atoms with E-state index in [9.17, 15) is 14.4 Å². The van der Waals surface area contributed by atoms with E-state index < -0.39 is 36.4 Å². The number of aliphatic carboxylic acids is 3. The van der Waals surface area contributed by atoms with E-state index in [-0.39, 0.29) is 0 Å². The molecule has 0 bridgehead atoms. The second-order valence-corrected chi connectivity index (χ2v) is 8.23. The molecular weight excluding hydrogens is 488 g/mol. The quantitative estimate of drug-likeness (QED) is 0.217. The van der Waals surface area contributed by atoms with E-state index in [0.29, 0.717) is 5.11 Å². The minimum atomic E-state index is -2.74. The first-order valence-corrected chi connectivity index (χ1v) is 11.3. The Labute approximate surface area is 211 Å². The third-order valence-electron chi connectivity index (χ3n) is 5.02. The summed E-state index contributed by atoms with van der Waals surface area (Å²) >= 11 is 5.22. The number of para-hydroxylation sites is 1. The third kappa shape index (κ3) is 7.57. The fraction of sp³-hybridized carbons (Fsp3) is 0.292. The van der Waals surface area contributed by atoms with Gasteiger partial charge in [0.2, 0.25) is 0 Å². The number of carboxylic acids is 3. The Kier molecular flexibility index (Phi) is 10.0. The first-order chi connectivity index (χ1) is 17.0. The highest BCUT2D eigenvalue weighted by molar-refractivity contribution is 7.80. The number of benzene rings is 1. The van der Waals surface area contributed by atoms with Gasteiger partial charge < -0.3 is 36.0 Å². The number of H-pyrrole nitrogens is 1. The smallest absolute Gasteiger partial charge is 0.336 e. The Morgan fingerprint density at radius 2 is 1.64 bits per heavy atom. The van der Waals surface area contributed by atoms with Gasteiger partial charge in [-0.3, -0.25) is 9.59 Å². The van der Waals surface area contributed by atoms with Crippen molar-refractivity contribution in [3.05, 3.63) is 53.4 Å². The lowest BCUT2D eigenvalue weighted by Gasteiger charge is -2.18. The molecule has 1 aromatic heterocycles. The summed E-state index contributed by atoms with van der Waals surface area (Å²) in [6, 6.07) is 14.5. The number of hydrogen-bond acceptors (Lipinski definition) is 6. The molecule has 3 aromatic rings. The molecule has 7 N–H and O–H groups in total. The van der Waals surface area contributed by atoms with E-state index in [1.54, 1.807) is 0 Å². The van der Waals surface area contributed by atoms with Crippen LogP contribution in [0.15, 0.2) is 47.5 Å². The average molecular weight is 517 g/mol. The predicted molar refractivity (Wildman–Crippen MR) is 137 cm³/mol. The number of rotatable bonds is 8. The first-order valence-electron chi connectivity index (χ1n) is 10.9. The summed E-state index contributed by atoms with van der Waals surface area (Å²) in [5.41, 5.74) is 0.748. The van der Waals surface area contributed by atoms with Crippen LogP contribution in [0.4, 0.5) is 0 Å². The zero-order valence-corrected chi connectivity index (χ0v) is 20.6. The number of nitrogens with zero attached hydrogens (tertiary/aromatic N) is 1. The van der Waals surface area contributed by atoms with E-state index in [1.165, 1.54) is 21.9 Å². The predicted octanol–water partition coefficient (Wildman–Crippen LogP) is 1.59. The summed E-state index contributed by atoms with van der Waals surface area (Å²) in [4.78, 5) is 38.5. The number of fused-ring (bicyclic) bond motifs is 3. The average Bonchev–Trinajstić information content (AvgIpc) is 2.99. The summed E-state index contributed by atoms with van der Waals surface area (Å²) < 4.78 is 0. The summed E-state index contributed by atoms with van der Waals surface area (Å²) in [6.07, 6.45) is -2.29. The maximum Gasteiger partial charge on any atom is 0.336 e. The zero-order valence-electron chi connectivity index (χ0n) is 19.7. The summed E-state index contributed by atoms with van der Waals surface area (Å²) in [7, 11) is 1.96. The van der Waals surface area contributed by atoms with Crippen LogP contribution in [0.25, 0.3) is 21.8 Å². The number of hydrogen-bond donors (Lipinski definition) is 7. The summed E-state index contributed by atoms with van der Waals surface area (Å²) in [5.74, 6) is -5.02. The highest BCUT2D eigenvalue weighted by Crippen LogP contribution is 2.26. The molecule has 36 heavy (non-hydrogen) atoms. The van der Waals surface area contributed by atoms with Gasteiger partial charge in [-0.25, -0.2) is 9.79 Å². The van der Waals surface area contributed by atoms with Gasteiger partial charge in [-0.15, -0.1) is 0 Å². The van der Waals surface area contributed by atoms with Gasteiger partial charge in [0, 0.05) is 29.4 Å². The number of carboxylic acid groups (broad SMARTS) is 3. The molecule has 0 aliphatic heterocycles. The van der Waals surface area contributed by atoms with Crippen LogP contribution in [-0.4, -0.2) is 67.6 Å². The van der Waals surface area contributed by atoms with Gasteiger partial charge in [0.25, 0.3) is 0 Å². The third-order valence-corrected chi connectivity index (χ3v) is 5.26. The van der Waals surface area contributed by atoms with Crippen molar-refractivity contribution in [3.8, 4) is 0 Å². The van der Waals surface area contributed by atoms with Gasteiger partial charge in [0.15, 0.2) is 10.7 Å². The van der Waals surface area contributed by atoms with Crippen molar-refractivity contribution in [2.45, 2.75) is 31.9 Å². The molecule has 0 saturated carbocycles. The molecule has 192 valence electrons. The molecule has 0 aliphatic rings. The number of thiocarbonyl (C=S) groups is 1. The molecule has 12 heteroatoms. The molecule has 1 heterocycles. The Morgan fingerprint density at radius 3 is 2.19 bits per heavy atom. The van der Waals surface area contributed by atoms with E-state index >= 15 is 0 Å². The molecule has 0 fully saturated rings. The maximum atomic E-state index is 10.3. The van der Waals surface area contributed by atoms with Gasteiger partial charge in [0.05, 0.1) is 23.7 Å². The Bertz CT molecular complexity index is 1340. The van der Waals surface area contributed by atoms with Crippen molar-refractivity contribution < 1.29 is 34.8 Å². The van der Waals surface area contributed by atoms with Crippen LogP contribution in [0.1, 0.15) is 25.3 Å². The van der Waals surface area contributed by atoms with Crippen LogP contribution in [-0.2, 0) is 20.9 Å². The van der Waals surface area contributed by atoms with Crippen LogP contribution in [0.3, 0.4) is 0 Å². The number of aromatic nitrogens is 1. The van der Waals surface area contributed by atoms with E-state index in [1.807, 2.05) is 32.2 Å². The van der Waals surface area contributed by atoms with E-state index in [2.05, 4.69) is 44.9 Å². The standard InChI is InChI=1S/C18H20N4S.C6H8O7/c1-3-20-18(23)21-13-7-5-8-14-15-9-4-6-12(11-19-2)17(15)22-16(14)10-13;7-3(8)1-6(13,5(11)12)2-4(9)10/h4-10,19,22H,3,11H2,1-2H3,(H,20,23);13H,1-2H2,(H,7,8)(H,9,10)(H,11,12). The Balaban J connectivity index is 0.000000302. The highest BCUT2D eigenvalue weighted by atomic mass is 32.1. The van der Waals surface area contributed by atoms with Crippen LogP contribution >= 0.6 is 12.2 Å². The molecular formula is C24H28N4O7S. The molecule has 0 unspecified atom stereocenters. The Hall–Kier alpha value is -3.87. The second-order valence-electron chi connectivity index (χ2n) is 7.84. The maximum absolute atomic E-state index is 10.3. The second kappa shape index (κ2) is 12.7. The number of aromatic amines is 1. The lowest BCUT2D eigenvalue weighted by Crippen LogP contribution is -2.42. The fourth-order valence-corrected chi connectivity index (χ4v) is 3.73. The van der Waals surface area contributed by atoms with Crippen LogP contribution < -0.4 is 16.0 Å². The first kappa shape index (κ1) is 28.4. The topological polar surface area (TPSA) is 184 Å². The largest absolute Gasteiger partial charge is 0.481 e. The van der Waals surface area contributed by atoms with Crippen molar-refractivity contribution in [3.63, 3.8) is 0 Å². The molecule has 0 saturated heterocycles. The van der Waals surface area contributed by atoms with E-state index in [0.717, 1.165) is 24.0 Å². The lowest BCUT2D eigenvalue weighted by molar-refractivity contribution is -0.170. The summed E-state index contributed by atoms with van der Waals surface area (Å²) in [6.45, 7) is 3.61. The number of aliphatic hydroxyl groups is 1. The minimum Gasteiger partial charge on any atom is -0.481 e. The van der Waals surface area contributed by atoms with Gasteiger partial charge in [-0.2, -0.15) is 0 Å². The normalized spacial score (nSPS) is 11.6. The minimum absolute atomic E-state index is 0.513. The van der Waals surface area contributed by atoms with Crippen molar-refractivity contribution >= 4 is 57.0 Å². The van der Waals surface area contributed by atoms with Crippen LogP contribution in [0, 0.1) is 0 Å². The van der Waals surface area contributed by atoms with Gasteiger partial charge in [-0.1, -0.05) is 30.3 Å². The molecule has 0 aliphatic carbocycles. The molecule has 3 rings (SSSR count). The number of nitrogens with one attached hydrogen (secondary N) is 3. The molecule has 0 atom stereocenters. The molecule has 0 spiro atoms. The van der Waals surface area contributed by atoms with Crippen molar-refractivity contribution in [2.24, 2.45) is 4.99 Å². The SMILES string of the molecule is CCNC(=S)N=c1cccc2c(c1)[nH]c1c(CNC)cccc12.O=C(O)CC(O)(CC(=O)O)C(=O)O. The van der Waals surface area contributed by atoms with Crippen LogP contribution in [0.5, 0.6) is 0 Å². The molecule has 2 aromatic carbocycles. The Morgan fingerprint density at radius 1 is 1.03 bits per heavy atom. The molecule has 11 nitrogen and oxygen atoms in total.